The number of benzene rings is 1. The second-order valence-corrected chi connectivity index (χ2v) is 6.14. The molecule has 1 aliphatic rings. The Labute approximate surface area is 114 Å². The summed E-state index contributed by atoms with van der Waals surface area (Å²) < 4.78 is 0. The van der Waals surface area contributed by atoms with Crippen LogP contribution < -0.4 is 5.32 Å². The Balaban J connectivity index is 1.83. The van der Waals surface area contributed by atoms with Crippen molar-refractivity contribution in [3.63, 3.8) is 0 Å². The van der Waals surface area contributed by atoms with Crippen LogP contribution in [0.5, 0.6) is 0 Å². The van der Waals surface area contributed by atoms with Crippen molar-refractivity contribution < 1.29 is 0 Å². The largest absolute Gasteiger partial charge is 0.310 e. The van der Waals surface area contributed by atoms with Crippen LogP contribution in [-0.2, 0) is 0 Å². The monoisotopic (exact) mass is 260 g/mol. The zero-order valence-corrected chi connectivity index (χ0v) is 11.7. The maximum Gasteiger partial charge on any atom is 0.0991 e. The summed E-state index contributed by atoms with van der Waals surface area (Å²) in [7, 11) is 0. The molecule has 18 heavy (non-hydrogen) atoms. The summed E-state index contributed by atoms with van der Waals surface area (Å²) in [6.45, 7) is 3.31. The SMILES string of the molecule is CC(NCC1CCSCC1)c1ccc(C#N)cc1. The minimum absolute atomic E-state index is 0.368. The van der Waals surface area contributed by atoms with Gasteiger partial charge in [0.2, 0.25) is 0 Å². The average Bonchev–Trinajstić information content (AvgIpc) is 2.46. The molecule has 0 spiro atoms. The van der Waals surface area contributed by atoms with Crippen LogP contribution in [0.2, 0.25) is 0 Å². The molecule has 1 aromatic carbocycles. The Bertz CT molecular complexity index is 401. The highest BCUT2D eigenvalue weighted by Gasteiger charge is 2.14. The number of nitrogens with zero attached hydrogens (tertiary/aromatic N) is 1. The highest BCUT2D eigenvalue weighted by atomic mass is 32.2. The Morgan fingerprint density at radius 1 is 1.33 bits per heavy atom. The van der Waals surface area contributed by atoms with Gasteiger partial charge in [-0.1, -0.05) is 12.1 Å². The molecule has 0 saturated carbocycles. The van der Waals surface area contributed by atoms with Gasteiger partial charge in [-0.15, -0.1) is 0 Å². The van der Waals surface area contributed by atoms with Crippen molar-refractivity contribution >= 4 is 11.8 Å². The maximum atomic E-state index is 8.77. The first-order chi connectivity index (χ1) is 8.79. The van der Waals surface area contributed by atoms with Gasteiger partial charge in [0.15, 0.2) is 0 Å². The van der Waals surface area contributed by atoms with E-state index in [1.54, 1.807) is 0 Å². The Kier molecular flexibility index (Phi) is 5.10. The third-order valence-corrected chi connectivity index (χ3v) is 4.64. The molecule has 2 rings (SSSR count). The van der Waals surface area contributed by atoms with Crippen molar-refractivity contribution in [2.45, 2.75) is 25.8 Å². The summed E-state index contributed by atoms with van der Waals surface area (Å²) >= 11 is 2.07. The molecule has 0 bridgehead atoms. The molecule has 96 valence electrons. The van der Waals surface area contributed by atoms with Crippen LogP contribution in [0.3, 0.4) is 0 Å². The lowest BCUT2D eigenvalue weighted by atomic mass is 10.0. The normalized spacial score (nSPS) is 18.2. The highest BCUT2D eigenvalue weighted by molar-refractivity contribution is 7.99. The lowest BCUT2D eigenvalue weighted by Gasteiger charge is -2.24. The molecule has 0 aromatic heterocycles. The summed E-state index contributed by atoms with van der Waals surface area (Å²) in [4.78, 5) is 0. The van der Waals surface area contributed by atoms with Crippen LogP contribution in [0.15, 0.2) is 24.3 Å². The first-order valence-electron chi connectivity index (χ1n) is 6.61. The van der Waals surface area contributed by atoms with Crippen molar-refractivity contribution in [1.29, 1.82) is 5.26 Å². The first-order valence-corrected chi connectivity index (χ1v) is 7.76. The fourth-order valence-electron chi connectivity index (χ4n) is 2.26. The predicted octanol–water partition coefficient (Wildman–Crippen LogP) is 3.35. The number of rotatable bonds is 4. The molecular formula is C15H20N2S. The van der Waals surface area contributed by atoms with Crippen LogP contribution >= 0.6 is 11.8 Å². The summed E-state index contributed by atoms with van der Waals surface area (Å²) in [6.07, 6.45) is 2.69. The summed E-state index contributed by atoms with van der Waals surface area (Å²) in [6, 6.07) is 10.4. The van der Waals surface area contributed by atoms with Crippen molar-refractivity contribution in [3.05, 3.63) is 35.4 Å². The van der Waals surface area contributed by atoms with Gasteiger partial charge in [-0.05, 0) is 61.4 Å². The zero-order valence-electron chi connectivity index (χ0n) is 10.9. The molecule has 1 heterocycles. The van der Waals surface area contributed by atoms with E-state index in [0.29, 0.717) is 6.04 Å². The van der Waals surface area contributed by atoms with Crippen LogP contribution in [0.25, 0.3) is 0 Å². The molecule has 1 fully saturated rings. The fraction of sp³-hybridized carbons (Fsp3) is 0.533. The summed E-state index contributed by atoms with van der Waals surface area (Å²) in [5.41, 5.74) is 1.99. The van der Waals surface area contributed by atoms with Gasteiger partial charge in [-0.2, -0.15) is 17.0 Å². The van der Waals surface area contributed by atoms with Gasteiger partial charge in [-0.25, -0.2) is 0 Å². The Hall–Kier alpha value is -0.980. The van der Waals surface area contributed by atoms with E-state index in [0.717, 1.165) is 18.0 Å². The van der Waals surface area contributed by atoms with E-state index in [1.165, 1.54) is 29.9 Å². The standard InChI is InChI=1S/C15H20N2S/c1-12(15-4-2-13(10-16)3-5-15)17-11-14-6-8-18-9-7-14/h2-5,12,14,17H,6-9,11H2,1H3. The molecular weight excluding hydrogens is 240 g/mol. The smallest absolute Gasteiger partial charge is 0.0991 e. The average molecular weight is 260 g/mol. The van der Waals surface area contributed by atoms with Crippen LogP contribution in [-0.4, -0.2) is 18.1 Å². The number of hydrogen-bond acceptors (Lipinski definition) is 3. The Morgan fingerprint density at radius 2 is 2.00 bits per heavy atom. The maximum absolute atomic E-state index is 8.77. The second-order valence-electron chi connectivity index (χ2n) is 4.92. The van der Waals surface area contributed by atoms with Crippen molar-refractivity contribution in [2.75, 3.05) is 18.1 Å². The van der Waals surface area contributed by atoms with Gasteiger partial charge in [0.1, 0.15) is 0 Å². The third-order valence-electron chi connectivity index (χ3n) is 3.59. The predicted molar refractivity (Wildman–Crippen MR) is 77.6 cm³/mol. The quantitative estimate of drug-likeness (QED) is 0.901. The molecule has 1 N–H and O–H groups in total. The number of nitrogens with one attached hydrogen (secondary N) is 1. The van der Waals surface area contributed by atoms with Gasteiger partial charge >= 0.3 is 0 Å². The van der Waals surface area contributed by atoms with Crippen LogP contribution in [0.4, 0.5) is 0 Å². The van der Waals surface area contributed by atoms with Crippen molar-refractivity contribution in [3.8, 4) is 6.07 Å². The zero-order chi connectivity index (χ0) is 12.8. The second kappa shape index (κ2) is 6.82. The number of nitriles is 1. The number of thioether (sulfide) groups is 1. The molecule has 0 radical (unpaired) electrons. The minimum Gasteiger partial charge on any atom is -0.310 e. The molecule has 1 unspecified atom stereocenters. The van der Waals surface area contributed by atoms with Crippen LogP contribution in [0, 0.1) is 17.2 Å². The highest BCUT2D eigenvalue weighted by Crippen LogP contribution is 2.23. The summed E-state index contributed by atoms with van der Waals surface area (Å²) in [5.74, 6) is 3.47. The van der Waals surface area contributed by atoms with E-state index in [9.17, 15) is 0 Å². The van der Waals surface area contributed by atoms with Crippen molar-refractivity contribution in [2.24, 2.45) is 5.92 Å². The number of hydrogen-bond donors (Lipinski definition) is 1. The van der Waals surface area contributed by atoms with Crippen LogP contribution in [0.1, 0.15) is 36.9 Å². The molecule has 3 heteroatoms. The topological polar surface area (TPSA) is 35.8 Å². The molecule has 1 aliphatic heterocycles. The van der Waals surface area contributed by atoms with Crippen molar-refractivity contribution in [1.82, 2.24) is 5.32 Å². The van der Waals surface area contributed by atoms with Gasteiger partial charge in [-0.3, -0.25) is 0 Å². The minimum atomic E-state index is 0.368. The van der Waals surface area contributed by atoms with E-state index in [2.05, 4.69) is 30.1 Å². The lowest BCUT2D eigenvalue weighted by molar-refractivity contribution is 0.421. The van der Waals surface area contributed by atoms with Gasteiger partial charge in [0.05, 0.1) is 11.6 Å². The fourth-order valence-corrected chi connectivity index (χ4v) is 3.46. The van der Waals surface area contributed by atoms with E-state index in [1.807, 2.05) is 24.3 Å². The molecule has 1 saturated heterocycles. The van der Waals surface area contributed by atoms with Gasteiger partial charge in [0, 0.05) is 6.04 Å². The van der Waals surface area contributed by atoms with E-state index in [4.69, 9.17) is 5.26 Å². The van der Waals surface area contributed by atoms with E-state index in [-0.39, 0.29) is 0 Å². The van der Waals surface area contributed by atoms with E-state index < -0.39 is 0 Å². The Morgan fingerprint density at radius 3 is 2.61 bits per heavy atom. The van der Waals surface area contributed by atoms with Gasteiger partial charge in [0.25, 0.3) is 0 Å². The first kappa shape index (κ1) is 13.5. The lowest BCUT2D eigenvalue weighted by Crippen LogP contribution is -2.27. The molecule has 1 atom stereocenters. The molecule has 0 aliphatic carbocycles. The molecule has 0 amide bonds. The summed E-state index contributed by atoms with van der Waals surface area (Å²) in [5, 5.41) is 12.4. The van der Waals surface area contributed by atoms with Gasteiger partial charge < -0.3 is 5.32 Å². The molecule has 1 aromatic rings. The van der Waals surface area contributed by atoms with E-state index >= 15 is 0 Å². The third kappa shape index (κ3) is 3.76. The molecule has 2 nitrogen and oxygen atoms in total.